The van der Waals surface area contributed by atoms with Crippen molar-refractivity contribution in [3.63, 3.8) is 0 Å². The lowest BCUT2D eigenvalue weighted by molar-refractivity contribution is -0.497. The van der Waals surface area contributed by atoms with Crippen LogP contribution in [0.25, 0.3) is 21.9 Å². The quantitative estimate of drug-likeness (QED) is 0.315. The van der Waals surface area contributed by atoms with Gasteiger partial charge in [-0.05, 0) is 31.2 Å². The predicted molar refractivity (Wildman–Crippen MR) is 103 cm³/mol. The molecule has 0 aliphatic carbocycles. The van der Waals surface area contributed by atoms with Crippen LogP contribution < -0.4 is 9.30 Å². The minimum atomic E-state index is -0.687. The molecule has 4 aromatic rings. The van der Waals surface area contributed by atoms with E-state index in [0.29, 0.717) is 5.56 Å². The first-order valence-electron chi connectivity index (χ1n) is 8.38. The molecular weight excluding hydrogens is 350 g/mol. The molecule has 0 aliphatic heterocycles. The van der Waals surface area contributed by atoms with Gasteiger partial charge in [0.1, 0.15) is 16.6 Å². The monoisotopic (exact) mass is 368 g/mol. The second-order valence-electron chi connectivity index (χ2n) is 6.39. The molecule has 1 aromatic carbocycles. The first-order valence-corrected chi connectivity index (χ1v) is 8.81. The molecule has 0 amide bonds. The third kappa shape index (κ3) is 2.47. The van der Waals surface area contributed by atoms with E-state index >= 15 is 0 Å². The van der Waals surface area contributed by atoms with Crippen molar-refractivity contribution < 1.29 is 13.9 Å². The van der Waals surface area contributed by atoms with Crippen LogP contribution >= 0.6 is 11.6 Å². The molecule has 5 nitrogen and oxygen atoms in total. The summed E-state index contributed by atoms with van der Waals surface area (Å²) in [4.78, 5) is 14.7. The van der Waals surface area contributed by atoms with E-state index < -0.39 is 11.5 Å². The molecule has 6 heteroatoms. The Morgan fingerprint density at radius 2 is 1.88 bits per heavy atom. The third-order valence-corrected chi connectivity index (χ3v) is 4.47. The number of esters is 1. The van der Waals surface area contributed by atoms with Crippen LogP contribution in [0.2, 0.25) is 0 Å². The number of aromatic nitrogens is 2. The number of halogens is 1. The van der Waals surface area contributed by atoms with Gasteiger partial charge >= 0.3 is 11.9 Å². The number of anilines is 1. The van der Waals surface area contributed by atoms with Crippen LogP contribution in [0.3, 0.4) is 0 Å². The number of hydrogen-bond donors (Lipinski definition) is 0. The third-order valence-electron chi connectivity index (χ3n) is 4.38. The van der Waals surface area contributed by atoms with Crippen molar-refractivity contribution in [1.82, 2.24) is 4.40 Å². The molecule has 0 aliphatic rings. The van der Waals surface area contributed by atoms with E-state index in [1.54, 1.807) is 6.92 Å². The highest BCUT2D eigenvalue weighted by atomic mass is 35.5. The Balaban J connectivity index is 2.19. The number of carbonyl (C=O) groups is 1. The highest BCUT2D eigenvalue weighted by molar-refractivity contribution is 6.20. The normalized spacial score (nSPS) is 12.6. The van der Waals surface area contributed by atoms with Crippen LogP contribution in [0.5, 0.6) is 0 Å². The van der Waals surface area contributed by atoms with Gasteiger partial charge in [-0.1, -0.05) is 35.9 Å². The van der Waals surface area contributed by atoms with Gasteiger partial charge in [0.2, 0.25) is 0 Å². The van der Waals surface area contributed by atoms with E-state index in [1.807, 2.05) is 68.8 Å². The number of imidazole rings is 1. The average molecular weight is 369 g/mol. The summed E-state index contributed by atoms with van der Waals surface area (Å²) in [5.41, 5.74) is 2.70. The topological polar surface area (TPSA) is 38.0 Å². The van der Waals surface area contributed by atoms with E-state index in [-0.39, 0.29) is 0 Å². The van der Waals surface area contributed by atoms with Gasteiger partial charge in [0.25, 0.3) is 0 Å². The van der Waals surface area contributed by atoms with Gasteiger partial charge in [-0.15, -0.1) is 0 Å². The molecule has 3 aromatic heterocycles. The first kappa shape index (κ1) is 16.7. The molecule has 0 radical (unpaired) electrons. The summed E-state index contributed by atoms with van der Waals surface area (Å²) in [6, 6.07) is 15.7. The lowest BCUT2D eigenvalue weighted by Crippen LogP contribution is -2.29. The molecule has 0 fully saturated rings. The highest BCUT2D eigenvalue weighted by Crippen LogP contribution is 2.28. The zero-order valence-electron chi connectivity index (χ0n) is 14.8. The summed E-state index contributed by atoms with van der Waals surface area (Å²) >= 11 is 5.87. The number of ether oxygens (including phenoxy) is 1. The number of pyridine rings is 2. The first-order chi connectivity index (χ1) is 12.5. The summed E-state index contributed by atoms with van der Waals surface area (Å²) in [5, 5.41) is 0.825. The van der Waals surface area contributed by atoms with Crippen LogP contribution in [0.1, 0.15) is 17.3 Å². The SMILES string of the molecule is CC(Cl)OC(=O)c1cc2c3cccc[n+]3c(N(C)C)n2c2ccccc12. The summed E-state index contributed by atoms with van der Waals surface area (Å²) in [6.45, 7) is 1.63. The van der Waals surface area contributed by atoms with Crippen LogP contribution in [-0.2, 0) is 4.74 Å². The van der Waals surface area contributed by atoms with Crippen LogP contribution in [0.4, 0.5) is 5.95 Å². The molecule has 0 saturated carbocycles. The molecule has 132 valence electrons. The Bertz CT molecular complexity index is 1150. The molecule has 0 saturated heterocycles. The Morgan fingerprint density at radius 3 is 2.62 bits per heavy atom. The molecule has 4 rings (SSSR count). The fourth-order valence-electron chi connectivity index (χ4n) is 3.44. The van der Waals surface area contributed by atoms with Gasteiger partial charge in [0.05, 0.1) is 25.9 Å². The van der Waals surface area contributed by atoms with E-state index in [1.165, 1.54) is 0 Å². The second kappa shape index (κ2) is 6.18. The summed E-state index contributed by atoms with van der Waals surface area (Å²) in [7, 11) is 4.01. The summed E-state index contributed by atoms with van der Waals surface area (Å²) in [5.74, 6) is 0.574. The fourth-order valence-corrected chi connectivity index (χ4v) is 3.52. The molecule has 0 spiro atoms. The molecule has 0 bridgehead atoms. The Morgan fingerprint density at radius 1 is 1.15 bits per heavy atom. The lowest BCUT2D eigenvalue weighted by Gasteiger charge is -2.10. The molecule has 3 heterocycles. The zero-order valence-corrected chi connectivity index (χ0v) is 15.6. The molecule has 26 heavy (non-hydrogen) atoms. The number of alkyl halides is 1. The largest absolute Gasteiger partial charge is 0.443 e. The number of hydrogen-bond acceptors (Lipinski definition) is 3. The standard InChI is InChI=1S/C20H19ClN3O2/c1-13(21)26-19(25)15-12-18-17-10-6-7-11-23(17)20(22(2)3)24(18)16-9-5-4-8-14(15)16/h4-13H,1-3H3/q+1. The number of fused-ring (bicyclic) bond motifs is 5. The van der Waals surface area contributed by atoms with Gasteiger partial charge in [-0.2, -0.15) is 4.40 Å². The van der Waals surface area contributed by atoms with Crippen molar-refractivity contribution in [1.29, 1.82) is 0 Å². The van der Waals surface area contributed by atoms with E-state index in [4.69, 9.17) is 16.3 Å². The van der Waals surface area contributed by atoms with Crippen molar-refractivity contribution in [2.24, 2.45) is 0 Å². The lowest BCUT2D eigenvalue weighted by atomic mass is 10.1. The van der Waals surface area contributed by atoms with Crippen LogP contribution in [-0.4, -0.2) is 30.0 Å². The van der Waals surface area contributed by atoms with Gasteiger partial charge in [-0.3, -0.25) is 4.90 Å². The minimum absolute atomic E-state index is 0.423. The predicted octanol–water partition coefficient (Wildman–Crippen LogP) is 3.64. The average Bonchev–Trinajstić information content (AvgIpc) is 2.95. The van der Waals surface area contributed by atoms with E-state index in [9.17, 15) is 4.79 Å². The maximum absolute atomic E-state index is 12.7. The van der Waals surface area contributed by atoms with Gasteiger partial charge in [0, 0.05) is 5.39 Å². The summed E-state index contributed by atoms with van der Waals surface area (Å²) < 4.78 is 9.53. The Hall–Kier alpha value is -2.79. The van der Waals surface area contributed by atoms with Crippen molar-refractivity contribution in [2.75, 3.05) is 19.0 Å². The minimum Gasteiger partial charge on any atom is -0.443 e. The zero-order chi connectivity index (χ0) is 18.4. The van der Waals surface area contributed by atoms with Crippen molar-refractivity contribution in [3.05, 3.63) is 60.3 Å². The number of rotatable bonds is 3. The summed E-state index contributed by atoms with van der Waals surface area (Å²) in [6.07, 6.45) is 2.02. The smallest absolute Gasteiger partial charge is 0.369 e. The fraction of sp³-hybridized carbons (Fsp3) is 0.200. The molecular formula is C20H19ClN3O2+. The number of carbonyl (C=O) groups excluding carboxylic acids is 1. The van der Waals surface area contributed by atoms with Crippen molar-refractivity contribution in [2.45, 2.75) is 12.5 Å². The Labute approximate surface area is 156 Å². The number of benzene rings is 1. The molecule has 0 N–H and O–H groups in total. The second-order valence-corrected chi connectivity index (χ2v) is 7.01. The van der Waals surface area contributed by atoms with Crippen molar-refractivity contribution in [3.8, 4) is 0 Å². The maximum Gasteiger partial charge on any atom is 0.369 e. The molecule has 1 atom stereocenters. The van der Waals surface area contributed by atoms with Gasteiger partial charge in [0.15, 0.2) is 5.56 Å². The van der Waals surface area contributed by atoms with E-state index in [2.05, 4.69) is 13.7 Å². The highest BCUT2D eigenvalue weighted by Gasteiger charge is 2.26. The van der Waals surface area contributed by atoms with E-state index in [0.717, 1.165) is 27.9 Å². The van der Waals surface area contributed by atoms with Crippen LogP contribution in [0, 0.1) is 0 Å². The van der Waals surface area contributed by atoms with Crippen LogP contribution in [0.15, 0.2) is 54.7 Å². The number of para-hydroxylation sites is 1. The number of nitrogens with zero attached hydrogens (tertiary/aromatic N) is 3. The van der Waals surface area contributed by atoms with Crippen molar-refractivity contribution >= 4 is 45.5 Å². The Kier molecular flexibility index (Phi) is 3.96. The molecule has 1 unspecified atom stereocenters. The van der Waals surface area contributed by atoms with Gasteiger partial charge in [-0.25, -0.2) is 9.20 Å². The van der Waals surface area contributed by atoms with Gasteiger partial charge < -0.3 is 4.74 Å². The maximum atomic E-state index is 12.7.